The molecule has 0 atom stereocenters. The number of carbonyl (C=O) groups excluding carboxylic acids is 1. The Balaban J connectivity index is 1.71. The average molecular weight is 457 g/mol. The highest BCUT2D eigenvalue weighted by molar-refractivity contribution is 7.89. The molecule has 0 radical (unpaired) electrons. The van der Waals surface area contributed by atoms with E-state index in [1.165, 1.54) is 52.8 Å². The Morgan fingerprint density at radius 3 is 2.34 bits per heavy atom. The summed E-state index contributed by atoms with van der Waals surface area (Å²) < 4.78 is 46.0. The highest BCUT2D eigenvalue weighted by Crippen LogP contribution is 2.26. The lowest BCUT2D eigenvalue weighted by atomic mass is 9.94. The molecule has 1 aliphatic heterocycles. The highest BCUT2D eigenvalue weighted by atomic mass is 32.2. The third-order valence-electron chi connectivity index (χ3n) is 5.30. The Morgan fingerprint density at radius 2 is 1.69 bits per heavy atom. The number of fused-ring (bicyclic) bond motifs is 1. The van der Waals surface area contributed by atoms with Crippen molar-refractivity contribution < 1.29 is 32.2 Å². The molecule has 0 bridgehead atoms. The predicted octanol–water partition coefficient (Wildman–Crippen LogP) is 2.86. The molecular formula is C23H20FNO6S. The highest BCUT2D eigenvalue weighted by Gasteiger charge is 2.26. The molecular weight excluding hydrogens is 437 g/mol. The van der Waals surface area contributed by atoms with Crippen LogP contribution < -0.4 is 0 Å². The van der Waals surface area contributed by atoms with E-state index in [-0.39, 0.29) is 35.5 Å². The summed E-state index contributed by atoms with van der Waals surface area (Å²) in [5.74, 6) is -2.03. The first kappa shape index (κ1) is 22.1. The fraction of sp³-hybridized carbons (Fsp3) is 0.217. The van der Waals surface area contributed by atoms with E-state index < -0.39 is 27.6 Å². The van der Waals surface area contributed by atoms with E-state index in [0.717, 1.165) is 0 Å². The van der Waals surface area contributed by atoms with Crippen LogP contribution in [0.2, 0.25) is 0 Å². The number of ether oxygens (including phenoxy) is 1. The van der Waals surface area contributed by atoms with Gasteiger partial charge in [0.15, 0.2) is 5.78 Å². The molecule has 1 heterocycles. The van der Waals surface area contributed by atoms with Gasteiger partial charge in [-0.2, -0.15) is 4.31 Å². The molecule has 0 aliphatic carbocycles. The van der Waals surface area contributed by atoms with Gasteiger partial charge in [0.25, 0.3) is 0 Å². The maximum Gasteiger partial charge on any atom is 0.307 e. The van der Waals surface area contributed by atoms with Crippen LogP contribution in [0.25, 0.3) is 10.8 Å². The number of halogens is 1. The van der Waals surface area contributed by atoms with E-state index in [9.17, 15) is 22.4 Å². The number of morpholine rings is 1. The maximum atomic E-state index is 13.9. The molecule has 1 fully saturated rings. The van der Waals surface area contributed by atoms with Crippen molar-refractivity contribution in [2.75, 3.05) is 26.3 Å². The topological polar surface area (TPSA) is 101 Å². The molecule has 1 aliphatic rings. The molecule has 4 rings (SSSR count). The number of carboxylic acids is 1. The number of aliphatic carboxylic acids is 1. The first-order chi connectivity index (χ1) is 15.3. The molecule has 7 nitrogen and oxygen atoms in total. The second-order valence-corrected chi connectivity index (χ2v) is 9.39. The summed E-state index contributed by atoms with van der Waals surface area (Å²) in [7, 11) is -3.70. The van der Waals surface area contributed by atoms with E-state index in [2.05, 4.69) is 0 Å². The fourth-order valence-electron chi connectivity index (χ4n) is 3.73. The predicted molar refractivity (Wildman–Crippen MR) is 115 cm³/mol. The lowest BCUT2D eigenvalue weighted by Gasteiger charge is -2.26. The van der Waals surface area contributed by atoms with Crippen molar-refractivity contribution >= 4 is 32.5 Å². The molecule has 0 unspecified atom stereocenters. The van der Waals surface area contributed by atoms with Gasteiger partial charge < -0.3 is 9.84 Å². The van der Waals surface area contributed by atoms with Crippen LogP contribution in [0.15, 0.2) is 59.5 Å². The monoisotopic (exact) mass is 457 g/mol. The maximum absolute atomic E-state index is 13.9. The minimum atomic E-state index is -3.70. The molecule has 9 heteroatoms. The number of carboxylic acid groups (broad SMARTS) is 1. The summed E-state index contributed by atoms with van der Waals surface area (Å²) in [5, 5.41) is 10.0. The molecule has 0 saturated carbocycles. The Labute approximate surface area is 184 Å². The Hall–Kier alpha value is -3.14. The number of nitrogens with zero attached hydrogens (tertiary/aromatic N) is 1. The van der Waals surface area contributed by atoms with Crippen molar-refractivity contribution in [1.29, 1.82) is 0 Å². The van der Waals surface area contributed by atoms with E-state index in [1.54, 1.807) is 6.07 Å². The molecule has 3 aromatic rings. The van der Waals surface area contributed by atoms with Gasteiger partial charge in [-0.05, 0) is 58.8 Å². The number of sulfonamides is 1. The summed E-state index contributed by atoms with van der Waals surface area (Å²) in [6.45, 7) is 1.17. The van der Waals surface area contributed by atoms with Gasteiger partial charge in [-0.25, -0.2) is 12.8 Å². The Bertz CT molecular complexity index is 1300. The second kappa shape index (κ2) is 8.78. The van der Waals surface area contributed by atoms with Crippen LogP contribution in [0.5, 0.6) is 0 Å². The summed E-state index contributed by atoms with van der Waals surface area (Å²) >= 11 is 0. The van der Waals surface area contributed by atoms with E-state index in [0.29, 0.717) is 29.5 Å². The summed E-state index contributed by atoms with van der Waals surface area (Å²) in [5.41, 5.74) is 0.775. The smallest absolute Gasteiger partial charge is 0.307 e. The van der Waals surface area contributed by atoms with Gasteiger partial charge in [-0.3, -0.25) is 9.59 Å². The van der Waals surface area contributed by atoms with Gasteiger partial charge in [0.2, 0.25) is 10.0 Å². The zero-order chi connectivity index (χ0) is 22.9. The van der Waals surface area contributed by atoms with Gasteiger partial charge in [0, 0.05) is 24.2 Å². The zero-order valence-electron chi connectivity index (χ0n) is 17.0. The molecule has 0 amide bonds. The van der Waals surface area contributed by atoms with Crippen molar-refractivity contribution in [1.82, 2.24) is 4.31 Å². The standard InChI is InChI=1S/C23H20FNO6S/c24-18-4-1-17-11-15(13-22(26)27)12-21(20(17)14-18)23(28)16-2-5-19(6-3-16)32(29,30)25-7-9-31-10-8-25/h1-6,11-12,14H,7-10,13H2,(H,26,27). The van der Waals surface area contributed by atoms with Crippen LogP contribution in [-0.2, 0) is 26.0 Å². The van der Waals surface area contributed by atoms with Gasteiger partial charge >= 0.3 is 5.97 Å². The summed E-state index contributed by atoms with van der Waals surface area (Å²) in [4.78, 5) is 24.4. The second-order valence-electron chi connectivity index (χ2n) is 7.45. The number of rotatable bonds is 6. The van der Waals surface area contributed by atoms with Crippen LogP contribution in [0, 0.1) is 5.82 Å². The van der Waals surface area contributed by atoms with Gasteiger partial charge in [-0.1, -0.05) is 12.1 Å². The molecule has 32 heavy (non-hydrogen) atoms. The minimum absolute atomic E-state index is 0.0616. The Kier molecular flexibility index (Phi) is 6.05. The normalized spacial score (nSPS) is 15.0. The van der Waals surface area contributed by atoms with Gasteiger partial charge in [0.1, 0.15) is 5.82 Å². The quantitative estimate of drug-likeness (QED) is 0.572. The zero-order valence-corrected chi connectivity index (χ0v) is 17.8. The van der Waals surface area contributed by atoms with Crippen molar-refractivity contribution in [3.8, 4) is 0 Å². The molecule has 166 valence electrons. The third-order valence-corrected chi connectivity index (χ3v) is 7.21. The van der Waals surface area contributed by atoms with E-state index >= 15 is 0 Å². The largest absolute Gasteiger partial charge is 0.481 e. The van der Waals surface area contributed by atoms with Crippen molar-refractivity contribution in [2.45, 2.75) is 11.3 Å². The fourth-order valence-corrected chi connectivity index (χ4v) is 5.13. The number of benzene rings is 3. The summed E-state index contributed by atoms with van der Waals surface area (Å²) in [6.07, 6.45) is -0.287. The van der Waals surface area contributed by atoms with Gasteiger partial charge in [0.05, 0.1) is 24.5 Å². The number of hydrogen-bond donors (Lipinski definition) is 1. The van der Waals surface area contributed by atoms with E-state index in [1.807, 2.05) is 0 Å². The number of hydrogen-bond acceptors (Lipinski definition) is 5. The average Bonchev–Trinajstić information content (AvgIpc) is 2.78. The molecule has 3 aromatic carbocycles. The molecule has 0 aromatic heterocycles. The van der Waals surface area contributed by atoms with Crippen molar-refractivity contribution in [3.63, 3.8) is 0 Å². The lowest BCUT2D eigenvalue weighted by Crippen LogP contribution is -2.40. The number of carbonyl (C=O) groups is 2. The van der Waals surface area contributed by atoms with Crippen LogP contribution >= 0.6 is 0 Å². The Morgan fingerprint density at radius 1 is 1.00 bits per heavy atom. The molecule has 0 spiro atoms. The van der Waals surface area contributed by atoms with Gasteiger partial charge in [-0.15, -0.1) is 0 Å². The van der Waals surface area contributed by atoms with E-state index in [4.69, 9.17) is 9.84 Å². The minimum Gasteiger partial charge on any atom is -0.481 e. The summed E-state index contributed by atoms with van der Waals surface area (Å²) in [6, 6.07) is 12.6. The third kappa shape index (κ3) is 4.40. The van der Waals surface area contributed by atoms with Crippen molar-refractivity contribution in [2.24, 2.45) is 0 Å². The van der Waals surface area contributed by atoms with Crippen LogP contribution in [-0.4, -0.2) is 55.9 Å². The number of ketones is 1. The SMILES string of the molecule is O=C(O)Cc1cc(C(=O)c2ccc(S(=O)(=O)N3CCOCC3)cc2)c2cc(F)ccc2c1. The van der Waals surface area contributed by atoms with Crippen molar-refractivity contribution in [3.05, 3.63) is 77.1 Å². The molecule has 1 saturated heterocycles. The van der Waals surface area contributed by atoms with Crippen LogP contribution in [0.4, 0.5) is 4.39 Å². The van der Waals surface area contributed by atoms with Crippen LogP contribution in [0.3, 0.4) is 0 Å². The first-order valence-electron chi connectivity index (χ1n) is 9.92. The first-order valence-corrected chi connectivity index (χ1v) is 11.4. The van der Waals surface area contributed by atoms with Crippen LogP contribution in [0.1, 0.15) is 21.5 Å². The molecule has 1 N–H and O–H groups in total. The lowest BCUT2D eigenvalue weighted by molar-refractivity contribution is -0.136.